The van der Waals surface area contributed by atoms with Crippen LogP contribution in [-0.2, 0) is 6.54 Å². The second-order valence-corrected chi connectivity index (χ2v) is 7.08. The Morgan fingerprint density at radius 2 is 1.67 bits per heavy atom. The molecule has 1 aromatic heterocycles. The van der Waals surface area contributed by atoms with Crippen LogP contribution in [0.5, 0.6) is 0 Å². The van der Waals surface area contributed by atoms with E-state index >= 15 is 0 Å². The second kappa shape index (κ2) is 4.84. The van der Waals surface area contributed by atoms with Gasteiger partial charge in [0.15, 0.2) is 0 Å². The Hall–Kier alpha value is -2.82. The van der Waals surface area contributed by atoms with E-state index in [9.17, 15) is 9.59 Å². The number of nitrogens with zero attached hydrogens (tertiary/aromatic N) is 1. The van der Waals surface area contributed by atoms with E-state index in [1.165, 1.54) is 0 Å². The minimum atomic E-state index is -0.469. The number of hydrogen-bond acceptors (Lipinski definition) is 2. The van der Waals surface area contributed by atoms with Gasteiger partial charge in [0, 0.05) is 16.7 Å². The zero-order chi connectivity index (χ0) is 17.1. The van der Waals surface area contributed by atoms with E-state index in [0.717, 1.165) is 22.0 Å². The van der Waals surface area contributed by atoms with Gasteiger partial charge in [-0.05, 0) is 43.7 Å². The lowest BCUT2D eigenvalue weighted by molar-refractivity contribution is 0.0902. The second-order valence-electron chi connectivity index (χ2n) is 7.08. The summed E-state index contributed by atoms with van der Waals surface area (Å²) in [6.07, 6.45) is 0. The Bertz CT molecular complexity index is 1040. The lowest BCUT2D eigenvalue weighted by atomic mass is 9.93. The number of fused-ring (bicyclic) bond motifs is 4. The fraction of sp³-hybridized carbons (Fsp3) is 0.263. The van der Waals surface area contributed by atoms with Crippen molar-refractivity contribution in [2.45, 2.75) is 32.9 Å². The van der Waals surface area contributed by atoms with Gasteiger partial charge < -0.3 is 5.32 Å². The molecule has 5 heteroatoms. The van der Waals surface area contributed by atoms with Crippen molar-refractivity contribution in [3.05, 3.63) is 57.9 Å². The number of nitrogens with one attached hydrogen (secondary N) is 2. The van der Waals surface area contributed by atoms with Gasteiger partial charge in [-0.1, -0.05) is 24.3 Å². The van der Waals surface area contributed by atoms with E-state index in [1.54, 1.807) is 6.92 Å². The van der Waals surface area contributed by atoms with Gasteiger partial charge in [0.05, 0.1) is 17.8 Å². The van der Waals surface area contributed by atoms with Crippen molar-refractivity contribution in [3.8, 4) is 11.3 Å². The molecule has 0 fully saturated rings. The van der Waals surface area contributed by atoms with Crippen molar-refractivity contribution in [1.82, 2.24) is 15.1 Å². The predicted octanol–water partition coefficient (Wildman–Crippen LogP) is 2.83. The molecule has 2 N–H and O–H groups in total. The van der Waals surface area contributed by atoms with Gasteiger partial charge in [-0.25, -0.2) is 0 Å². The van der Waals surface area contributed by atoms with E-state index in [4.69, 9.17) is 0 Å². The van der Waals surface area contributed by atoms with Gasteiger partial charge in [-0.15, -0.1) is 0 Å². The minimum Gasteiger partial charge on any atom is -0.345 e. The third-order valence-corrected chi connectivity index (χ3v) is 4.59. The molecule has 0 saturated carbocycles. The quantitative estimate of drug-likeness (QED) is 0.668. The smallest absolute Gasteiger partial charge is 0.267 e. The lowest BCUT2D eigenvalue weighted by Gasteiger charge is -2.30. The summed E-state index contributed by atoms with van der Waals surface area (Å²) in [6, 6.07) is 11.8. The predicted molar refractivity (Wildman–Crippen MR) is 94.3 cm³/mol. The van der Waals surface area contributed by atoms with Crippen LogP contribution in [-0.4, -0.2) is 21.2 Å². The standard InChI is InChI=1S/C19H19N3O2/c1-11-16-14-8-12-6-4-5-7-13(12)9-15(14)18(24)20-19(2,3)10-22(16)21-17(11)23/h4-9H,10H2,1-3H3,(H,20,24)(H,21,23). The molecule has 0 radical (unpaired) electrons. The third kappa shape index (κ3) is 2.16. The Kier molecular flexibility index (Phi) is 2.97. The Balaban J connectivity index is 2.12. The molecule has 3 aromatic rings. The Morgan fingerprint density at radius 3 is 2.33 bits per heavy atom. The van der Waals surface area contributed by atoms with Gasteiger partial charge in [0.2, 0.25) is 0 Å². The van der Waals surface area contributed by atoms with E-state index < -0.39 is 5.54 Å². The van der Waals surface area contributed by atoms with Crippen LogP contribution < -0.4 is 10.9 Å². The number of benzene rings is 2. The number of hydrogen-bond donors (Lipinski definition) is 2. The molecule has 0 unspecified atom stereocenters. The van der Waals surface area contributed by atoms with Crippen LogP contribution in [0.1, 0.15) is 29.8 Å². The minimum absolute atomic E-state index is 0.111. The lowest BCUT2D eigenvalue weighted by Crippen LogP contribution is -2.48. The van der Waals surface area contributed by atoms with Crippen molar-refractivity contribution < 1.29 is 4.79 Å². The number of aromatic amines is 1. The highest BCUT2D eigenvalue weighted by Crippen LogP contribution is 2.32. The SMILES string of the molecule is Cc1c2n([nH]c1=O)CC(C)(C)NC(=O)c1cc3ccccc3cc1-2. The molecule has 1 amide bonds. The highest BCUT2D eigenvalue weighted by Gasteiger charge is 2.30. The van der Waals surface area contributed by atoms with Crippen molar-refractivity contribution in [2.24, 2.45) is 0 Å². The van der Waals surface area contributed by atoms with Crippen LogP contribution >= 0.6 is 0 Å². The number of carbonyl (C=O) groups excluding carboxylic acids is 1. The average molecular weight is 321 g/mol. The molecule has 0 bridgehead atoms. The van der Waals surface area contributed by atoms with Crippen LogP contribution in [0.4, 0.5) is 0 Å². The summed E-state index contributed by atoms with van der Waals surface area (Å²) in [6.45, 7) is 6.21. The van der Waals surface area contributed by atoms with Crippen molar-refractivity contribution in [1.29, 1.82) is 0 Å². The molecule has 2 heterocycles. The number of carbonyl (C=O) groups is 1. The number of H-pyrrole nitrogens is 1. The highest BCUT2D eigenvalue weighted by molar-refractivity contribution is 6.06. The number of amides is 1. The average Bonchev–Trinajstić information content (AvgIpc) is 2.78. The zero-order valence-corrected chi connectivity index (χ0v) is 13.9. The third-order valence-electron chi connectivity index (χ3n) is 4.59. The first-order chi connectivity index (χ1) is 11.4. The van der Waals surface area contributed by atoms with Crippen LogP contribution in [0, 0.1) is 6.92 Å². The van der Waals surface area contributed by atoms with E-state index in [1.807, 2.05) is 54.9 Å². The molecule has 1 aliphatic rings. The normalized spacial score (nSPS) is 16.0. The first-order valence-corrected chi connectivity index (χ1v) is 8.01. The van der Waals surface area contributed by atoms with Crippen molar-refractivity contribution >= 4 is 16.7 Å². The molecular formula is C19H19N3O2. The monoisotopic (exact) mass is 321 g/mol. The molecule has 24 heavy (non-hydrogen) atoms. The van der Waals surface area contributed by atoms with Crippen LogP contribution in [0.25, 0.3) is 22.0 Å². The Labute approximate surface area is 139 Å². The fourth-order valence-corrected chi connectivity index (χ4v) is 3.47. The van der Waals surface area contributed by atoms with Crippen LogP contribution in [0.15, 0.2) is 41.2 Å². The molecule has 0 aliphatic carbocycles. The van der Waals surface area contributed by atoms with Gasteiger partial charge in [-0.2, -0.15) is 0 Å². The molecular weight excluding hydrogens is 302 g/mol. The highest BCUT2D eigenvalue weighted by atomic mass is 16.2. The van der Waals surface area contributed by atoms with E-state index in [-0.39, 0.29) is 11.5 Å². The summed E-state index contributed by atoms with van der Waals surface area (Å²) < 4.78 is 1.85. The topological polar surface area (TPSA) is 66.9 Å². The first kappa shape index (κ1) is 14.8. The fourth-order valence-electron chi connectivity index (χ4n) is 3.47. The molecule has 0 saturated heterocycles. The molecule has 122 valence electrons. The summed E-state index contributed by atoms with van der Waals surface area (Å²) >= 11 is 0. The van der Waals surface area contributed by atoms with Gasteiger partial charge in [0.25, 0.3) is 11.5 Å². The largest absolute Gasteiger partial charge is 0.345 e. The maximum absolute atomic E-state index is 12.8. The number of rotatable bonds is 0. The van der Waals surface area contributed by atoms with Crippen molar-refractivity contribution in [2.75, 3.05) is 0 Å². The first-order valence-electron chi connectivity index (χ1n) is 8.01. The van der Waals surface area contributed by atoms with Gasteiger partial charge in [-0.3, -0.25) is 19.4 Å². The summed E-state index contributed by atoms with van der Waals surface area (Å²) in [7, 11) is 0. The maximum atomic E-state index is 12.8. The molecule has 0 spiro atoms. The molecule has 1 aliphatic heterocycles. The van der Waals surface area contributed by atoms with Crippen LogP contribution in [0.2, 0.25) is 0 Å². The molecule has 2 aromatic carbocycles. The summed E-state index contributed by atoms with van der Waals surface area (Å²) in [5, 5.41) is 8.02. The summed E-state index contributed by atoms with van der Waals surface area (Å²) in [5.74, 6) is -0.111. The summed E-state index contributed by atoms with van der Waals surface area (Å²) in [4.78, 5) is 25.1. The molecule has 5 nitrogen and oxygen atoms in total. The number of aromatic nitrogens is 2. The van der Waals surface area contributed by atoms with Gasteiger partial charge >= 0.3 is 0 Å². The van der Waals surface area contributed by atoms with Gasteiger partial charge in [0.1, 0.15) is 0 Å². The summed E-state index contributed by atoms with van der Waals surface area (Å²) in [5.41, 5.74) is 2.23. The molecule has 0 atom stereocenters. The molecule has 4 rings (SSSR count). The van der Waals surface area contributed by atoms with E-state index in [0.29, 0.717) is 17.7 Å². The van der Waals surface area contributed by atoms with E-state index in [2.05, 4.69) is 10.4 Å². The Morgan fingerprint density at radius 1 is 1.04 bits per heavy atom. The maximum Gasteiger partial charge on any atom is 0.267 e. The van der Waals surface area contributed by atoms with Crippen molar-refractivity contribution in [3.63, 3.8) is 0 Å². The zero-order valence-electron chi connectivity index (χ0n) is 13.9. The van der Waals surface area contributed by atoms with Crippen LogP contribution in [0.3, 0.4) is 0 Å².